The highest BCUT2D eigenvalue weighted by atomic mass is 32.2. The fourth-order valence-corrected chi connectivity index (χ4v) is 5.62. The predicted octanol–water partition coefficient (Wildman–Crippen LogP) is 1.38. The van der Waals surface area contributed by atoms with E-state index >= 15 is 0 Å². The lowest BCUT2D eigenvalue weighted by atomic mass is 9.80. The van der Waals surface area contributed by atoms with Gasteiger partial charge in [-0.25, -0.2) is 0 Å². The first kappa shape index (κ1) is 13.2. The molecule has 3 atom stereocenters. The molecule has 0 radical (unpaired) electrons. The van der Waals surface area contributed by atoms with Crippen LogP contribution in [-0.2, 0) is 0 Å². The summed E-state index contributed by atoms with van der Waals surface area (Å²) >= 11 is 2.11. The van der Waals surface area contributed by atoms with Gasteiger partial charge in [-0.3, -0.25) is 4.90 Å². The summed E-state index contributed by atoms with van der Waals surface area (Å²) in [7, 11) is 4.66. The standard InChI is InChI=1S/C14H27N3S/c1-16-11-3-4-12(16)8-14(7-11,10-15)17(2)13-5-6-18-9-13/h11-13H,3-10,15H2,1-2H3. The first-order valence-corrected chi connectivity index (χ1v) is 8.54. The van der Waals surface area contributed by atoms with E-state index in [0.29, 0.717) is 0 Å². The molecule has 0 aliphatic carbocycles. The summed E-state index contributed by atoms with van der Waals surface area (Å²) in [5, 5.41) is 0. The van der Waals surface area contributed by atoms with Crippen LogP contribution in [0.5, 0.6) is 0 Å². The zero-order valence-electron chi connectivity index (χ0n) is 11.8. The highest BCUT2D eigenvalue weighted by Gasteiger charge is 2.49. The van der Waals surface area contributed by atoms with E-state index in [2.05, 4.69) is 35.7 Å². The first-order chi connectivity index (χ1) is 8.66. The van der Waals surface area contributed by atoms with Crippen molar-refractivity contribution in [2.45, 2.75) is 55.8 Å². The number of rotatable bonds is 3. The summed E-state index contributed by atoms with van der Waals surface area (Å²) in [6.07, 6.45) is 6.70. The number of piperidine rings is 1. The van der Waals surface area contributed by atoms with Crippen LogP contribution in [-0.4, -0.2) is 65.6 Å². The summed E-state index contributed by atoms with van der Waals surface area (Å²) in [6.45, 7) is 0.839. The lowest BCUT2D eigenvalue weighted by Crippen LogP contribution is -2.63. The third kappa shape index (κ3) is 2.01. The molecule has 0 amide bonds. The van der Waals surface area contributed by atoms with Crippen molar-refractivity contribution in [2.75, 3.05) is 32.1 Å². The van der Waals surface area contributed by atoms with E-state index in [1.807, 2.05) is 0 Å². The van der Waals surface area contributed by atoms with Gasteiger partial charge in [-0.1, -0.05) is 0 Å². The minimum atomic E-state index is 0.286. The number of likely N-dealkylation sites (N-methyl/N-ethyl adjacent to an activating group) is 1. The Hall–Kier alpha value is 0.230. The van der Waals surface area contributed by atoms with Gasteiger partial charge in [0, 0.05) is 36.0 Å². The fraction of sp³-hybridized carbons (Fsp3) is 1.00. The highest BCUT2D eigenvalue weighted by molar-refractivity contribution is 7.99. The van der Waals surface area contributed by atoms with Gasteiger partial charge in [0.05, 0.1) is 0 Å². The van der Waals surface area contributed by atoms with Crippen molar-refractivity contribution in [1.29, 1.82) is 0 Å². The van der Waals surface area contributed by atoms with Gasteiger partial charge in [-0.05, 0) is 52.0 Å². The molecule has 0 spiro atoms. The van der Waals surface area contributed by atoms with Crippen LogP contribution in [0.4, 0.5) is 0 Å². The van der Waals surface area contributed by atoms with Crippen LogP contribution in [0.25, 0.3) is 0 Å². The SMILES string of the molecule is CN1C2CCC1CC(CN)(N(C)C1CCSC1)C2. The summed E-state index contributed by atoms with van der Waals surface area (Å²) in [4.78, 5) is 5.29. The van der Waals surface area contributed by atoms with Gasteiger partial charge >= 0.3 is 0 Å². The maximum atomic E-state index is 6.24. The molecule has 3 aliphatic rings. The fourth-order valence-electron chi connectivity index (χ4n) is 4.36. The second-order valence-corrected chi connectivity index (χ2v) is 7.67. The molecule has 3 nitrogen and oxygen atoms in total. The Bertz CT molecular complexity index is 289. The third-order valence-corrected chi connectivity index (χ3v) is 6.94. The van der Waals surface area contributed by atoms with Crippen LogP contribution in [0.1, 0.15) is 32.1 Å². The van der Waals surface area contributed by atoms with E-state index < -0.39 is 0 Å². The summed E-state index contributed by atoms with van der Waals surface area (Å²) in [5.41, 5.74) is 6.52. The summed E-state index contributed by atoms with van der Waals surface area (Å²) in [6, 6.07) is 2.33. The zero-order chi connectivity index (χ0) is 12.8. The van der Waals surface area contributed by atoms with Gasteiger partial charge in [0.15, 0.2) is 0 Å². The smallest absolute Gasteiger partial charge is 0.0361 e. The first-order valence-electron chi connectivity index (χ1n) is 7.39. The van der Waals surface area contributed by atoms with Crippen molar-refractivity contribution < 1.29 is 0 Å². The monoisotopic (exact) mass is 269 g/mol. The molecule has 2 N–H and O–H groups in total. The maximum absolute atomic E-state index is 6.24. The van der Waals surface area contributed by atoms with Gasteiger partial charge in [-0.15, -0.1) is 0 Å². The molecule has 0 saturated carbocycles. The molecular formula is C14H27N3S. The van der Waals surface area contributed by atoms with E-state index in [9.17, 15) is 0 Å². The molecule has 2 bridgehead atoms. The lowest BCUT2D eigenvalue weighted by Gasteiger charge is -2.51. The number of thioether (sulfide) groups is 1. The van der Waals surface area contributed by atoms with Crippen molar-refractivity contribution in [3.63, 3.8) is 0 Å². The number of hydrogen-bond donors (Lipinski definition) is 1. The van der Waals surface area contributed by atoms with Crippen molar-refractivity contribution in [2.24, 2.45) is 5.73 Å². The van der Waals surface area contributed by atoms with Crippen molar-refractivity contribution in [1.82, 2.24) is 9.80 Å². The summed E-state index contributed by atoms with van der Waals surface area (Å²) in [5.74, 6) is 2.64. The van der Waals surface area contributed by atoms with Gasteiger partial charge in [0.2, 0.25) is 0 Å². The average molecular weight is 269 g/mol. The third-order valence-electron chi connectivity index (χ3n) is 5.80. The topological polar surface area (TPSA) is 32.5 Å². The van der Waals surface area contributed by atoms with Crippen molar-refractivity contribution in [3.05, 3.63) is 0 Å². The zero-order valence-corrected chi connectivity index (χ0v) is 12.6. The maximum Gasteiger partial charge on any atom is 0.0361 e. The van der Waals surface area contributed by atoms with E-state index in [1.165, 1.54) is 43.6 Å². The average Bonchev–Trinajstić information content (AvgIpc) is 2.96. The molecule has 4 heteroatoms. The molecule has 0 aromatic carbocycles. The minimum absolute atomic E-state index is 0.286. The van der Waals surface area contributed by atoms with Crippen LogP contribution < -0.4 is 5.73 Å². The summed E-state index contributed by atoms with van der Waals surface area (Å²) < 4.78 is 0. The minimum Gasteiger partial charge on any atom is -0.329 e. The van der Waals surface area contributed by atoms with Gasteiger partial charge < -0.3 is 10.6 Å². The predicted molar refractivity (Wildman–Crippen MR) is 79.1 cm³/mol. The Morgan fingerprint density at radius 2 is 1.94 bits per heavy atom. The molecule has 18 heavy (non-hydrogen) atoms. The van der Waals surface area contributed by atoms with E-state index in [0.717, 1.165) is 24.7 Å². The van der Waals surface area contributed by atoms with Gasteiger partial charge in [0.25, 0.3) is 0 Å². The molecule has 3 aliphatic heterocycles. The molecule has 0 aromatic heterocycles. The Balaban J connectivity index is 1.78. The largest absolute Gasteiger partial charge is 0.329 e. The van der Waals surface area contributed by atoms with Crippen LogP contribution in [0.2, 0.25) is 0 Å². The van der Waals surface area contributed by atoms with Crippen molar-refractivity contribution in [3.8, 4) is 0 Å². The molecule has 104 valence electrons. The van der Waals surface area contributed by atoms with Crippen LogP contribution in [0.15, 0.2) is 0 Å². The van der Waals surface area contributed by atoms with Crippen LogP contribution in [0.3, 0.4) is 0 Å². The normalized spacial score (nSPS) is 45.0. The molecule has 3 rings (SSSR count). The van der Waals surface area contributed by atoms with Gasteiger partial charge in [-0.2, -0.15) is 11.8 Å². The second kappa shape index (κ2) is 4.97. The van der Waals surface area contributed by atoms with Crippen LogP contribution in [0, 0.1) is 0 Å². The quantitative estimate of drug-likeness (QED) is 0.839. The van der Waals surface area contributed by atoms with E-state index in [-0.39, 0.29) is 5.54 Å². The van der Waals surface area contributed by atoms with Crippen molar-refractivity contribution >= 4 is 11.8 Å². The molecule has 3 fully saturated rings. The van der Waals surface area contributed by atoms with Crippen LogP contribution >= 0.6 is 11.8 Å². The number of fused-ring (bicyclic) bond motifs is 2. The highest BCUT2D eigenvalue weighted by Crippen LogP contribution is 2.43. The number of nitrogens with zero attached hydrogens (tertiary/aromatic N) is 2. The number of hydrogen-bond acceptors (Lipinski definition) is 4. The molecule has 3 unspecified atom stereocenters. The lowest BCUT2D eigenvalue weighted by molar-refractivity contribution is -0.00201. The molecule has 3 heterocycles. The molecule has 0 aromatic rings. The second-order valence-electron chi connectivity index (χ2n) is 6.52. The Morgan fingerprint density at radius 1 is 1.28 bits per heavy atom. The van der Waals surface area contributed by atoms with Gasteiger partial charge in [0.1, 0.15) is 0 Å². The number of nitrogens with two attached hydrogens (primary N) is 1. The Kier molecular flexibility index (Phi) is 3.65. The molecular weight excluding hydrogens is 242 g/mol. The van der Waals surface area contributed by atoms with E-state index in [4.69, 9.17) is 5.73 Å². The molecule has 3 saturated heterocycles. The Labute approximate surface area is 115 Å². The van der Waals surface area contributed by atoms with E-state index in [1.54, 1.807) is 0 Å². The Morgan fingerprint density at radius 3 is 2.44 bits per heavy atom.